The summed E-state index contributed by atoms with van der Waals surface area (Å²) in [6, 6.07) is 6.61. The van der Waals surface area contributed by atoms with E-state index in [1.807, 2.05) is 6.07 Å². The van der Waals surface area contributed by atoms with Crippen molar-refractivity contribution in [2.24, 2.45) is 0 Å². The van der Waals surface area contributed by atoms with E-state index in [-0.39, 0.29) is 19.4 Å². The molecule has 2 rings (SSSR count). The van der Waals surface area contributed by atoms with Crippen LogP contribution in [0.2, 0.25) is 5.02 Å². The van der Waals surface area contributed by atoms with Crippen molar-refractivity contribution in [1.29, 1.82) is 0 Å². The SMILES string of the molecule is O=C(NCc1ccccc1Cl)NC1(C(=O)O)CCOCC1. The van der Waals surface area contributed by atoms with Crippen LogP contribution in [0.5, 0.6) is 0 Å². The number of nitrogens with one attached hydrogen (secondary N) is 2. The van der Waals surface area contributed by atoms with Gasteiger partial charge in [0.25, 0.3) is 0 Å². The number of hydrogen-bond donors (Lipinski definition) is 3. The fraction of sp³-hybridized carbons (Fsp3) is 0.429. The molecule has 1 aromatic rings. The predicted molar refractivity (Wildman–Crippen MR) is 77.2 cm³/mol. The van der Waals surface area contributed by atoms with Crippen LogP contribution in [-0.2, 0) is 16.1 Å². The number of carbonyl (C=O) groups is 2. The summed E-state index contributed by atoms with van der Waals surface area (Å²) in [7, 11) is 0. The second-order valence-corrected chi connectivity index (χ2v) is 5.31. The van der Waals surface area contributed by atoms with Gasteiger partial charge in [-0.15, -0.1) is 0 Å². The maximum Gasteiger partial charge on any atom is 0.329 e. The number of aliphatic carboxylic acids is 1. The van der Waals surface area contributed by atoms with Crippen molar-refractivity contribution < 1.29 is 19.4 Å². The molecule has 1 aliphatic rings. The van der Waals surface area contributed by atoms with Gasteiger partial charge in [0.2, 0.25) is 0 Å². The zero-order valence-corrected chi connectivity index (χ0v) is 12.2. The van der Waals surface area contributed by atoms with Crippen LogP contribution in [0.1, 0.15) is 18.4 Å². The second-order valence-electron chi connectivity index (χ2n) is 4.90. The van der Waals surface area contributed by atoms with Gasteiger partial charge in [-0.2, -0.15) is 0 Å². The summed E-state index contributed by atoms with van der Waals surface area (Å²) in [5, 5.41) is 15.1. The van der Waals surface area contributed by atoms with Crippen LogP contribution in [0.3, 0.4) is 0 Å². The summed E-state index contributed by atoms with van der Waals surface area (Å²) in [5.41, 5.74) is -0.492. The van der Waals surface area contributed by atoms with Gasteiger partial charge in [0.05, 0.1) is 0 Å². The topological polar surface area (TPSA) is 87.7 Å². The Morgan fingerprint density at radius 3 is 2.57 bits per heavy atom. The first-order valence-corrected chi connectivity index (χ1v) is 7.02. The number of benzene rings is 1. The van der Waals surface area contributed by atoms with Gasteiger partial charge < -0.3 is 20.5 Å². The molecule has 1 fully saturated rings. The van der Waals surface area contributed by atoms with Crippen molar-refractivity contribution in [2.75, 3.05) is 13.2 Å². The highest BCUT2D eigenvalue weighted by Gasteiger charge is 2.41. The highest BCUT2D eigenvalue weighted by Crippen LogP contribution is 2.21. The molecule has 0 bridgehead atoms. The molecule has 7 heteroatoms. The Hall–Kier alpha value is -1.79. The van der Waals surface area contributed by atoms with Gasteiger partial charge in [-0.05, 0) is 11.6 Å². The Morgan fingerprint density at radius 1 is 1.29 bits per heavy atom. The van der Waals surface area contributed by atoms with E-state index in [0.29, 0.717) is 18.2 Å². The lowest BCUT2D eigenvalue weighted by Gasteiger charge is -2.33. The number of carboxylic acids is 1. The highest BCUT2D eigenvalue weighted by atomic mass is 35.5. The van der Waals surface area contributed by atoms with Gasteiger partial charge in [-0.3, -0.25) is 0 Å². The molecule has 0 saturated carbocycles. The number of halogens is 1. The molecule has 21 heavy (non-hydrogen) atoms. The van der Waals surface area contributed by atoms with E-state index in [1.165, 1.54) is 0 Å². The number of carbonyl (C=O) groups excluding carboxylic acids is 1. The van der Waals surface area contributed by atoms with Gasteiger partial charge in [0.15, 0.2) is 0 Å². The number of hydrogen-bond acceptors (Lipinski definition) is 3. The molecule has 3 N–H and O–H groups in total. The van der Waals surface area contributed by atoms with Crippen molar-refractivity contribution in [1.82, 2.24) is 10.6 Å². The Labute approximate surface area is 127 Å². The van der Waals surface area contributed by atoms with Crippen molar-refractivity contribution in [3.05, 3.63) is 34.9 Å². The fourth-order valence-electron chi connectivity index (χ4n) is 2.19. The third-order valence-corrected chi connectivity index (χ3v) is 3.87. The minimum atomic E-state index is -1.26. The zero-order chi connectivity index (χ0) is 15.3. The van der Waals surface area contributed by atoms with Crippen LogP contribution < -0.4 is 10.6 Å². The lowest BCUT2D eigenvalue weighted by Crippen LogP contribution is -2.59. The van der Waals surface area contributed by atoms with E-state index in [1.54, 1.807) is 18.2 Å². The molecule has 114 valence electrons. The molecule has 0 aliphatic carbocycles. The van der Waals surface area contributed by atoms with E-state index < -0.39 is 17.5 Å². The predicted octanol–water partition coefficient (Wildman–Crippen LogP) is 1.77. The average molecular weight is 313 g/mol. The minimum absolute atomic E-state index is 0.234. The van der Waals surface area contributed by atoms with E-state index in [9.17, 15) is 14.7 Å². The van der Waals surface area contributed by atoms with Gasteiger partial charge >= 0.3 is 12.0 Å². The van der Waals surface area contributed by atoms with Gasteiger partial charge in [-0.1, -0.05) is 29.8 Å². The molecule has 0 unspecified atom stereocenters. The lowest BCUT2D eigenvalue weighted by molar-refractivity contribution is -0.148. The van der Waals surface area contributed by atoms with Crippen LogP contribution >= 0.6 is 11.6 Å². The largest absolute Gasteiger partial charge is 0.480 e. The molecule has 1 heterocycles. The van der Waals surface area contributed by atoms with Crippen LogP contribution in [-0.4, -0.2) is 35.9 Å². The van der Waals surface area contributed by atoms with Crippen molar-refractivity contribution >= 4 is 23.6 Å². The monoisotopic (exact) mass is 312 g/mol. The van der Waals surface area contributed by atoms with Crippen LogP contribution in [0.25, 0.3) is 0 Å². The standard InChI is InChI=1S/C14H17ClN2O4/c15-11-4-2-1-3-10(11)9-16-13(20)17-14(12(18)19)5-7-21-8-6-14/h1-4H,5-9H2,(H,18,19)(H2,16,17,20). The van der Waals surface area contributed by atoms with Crippen molar-refractivity contribution in [3.8, 4) is 0 Å². The summed E-state index contributed by atoms with van der Waals surface area (Å²) < 4.78 is 5.15. The van der Waals surface area contributed by atoms with E-state index in [0.717, 1.165) is 5.56 Å². The van der Waals surface area contributed by atoms with E-state index in [2.05, 4.69) is 10.6 Å². The molecule has 0 aromatic heterocycles. The molecular formula is C14H17ClN2O4. The van der Waals surface area contributed by atoms with Crippen LogP contribution in [0.4, 0.5) is 4.79 Å². The first-order valence-electron chi connectivity index (χ1n) is 6.64. The minimum Gasteiger partial charge on any atom is -0.480 e. The molecular weight excluding hydrogens is 296 g/mol. The second kappa shape index (κ2) is 6.78. The first-order chi connectivity index (χ1) is 10.0. The van der Waals surface area contributed by atoms with Gasteiger partial charge in [0, 0.05) is 37.6 Å². The Morgan fingerprint density at radius 2 is 1.95 bits per heavy atom. The third-order valence-electron chi connectivity index (χ3n) is 3.51. The summed E-state index contributed by atoms with van der Waals surface area (Å²) in [6.45, 7) is 0.867. The average Bonchev–Trinajstić information content (AvgIpc) is 2.47. The van der Waals surface area contributed by atoms with Crippen molar-refractivity contribution in [2.45, 2.75) is 24.9 Å². The molecule has 1 aromatic carbocycles. The van der Waals surface area contributed by atoms with Crippen LogP contribution in [0, 0.1) is 0 Å². The smallest absolute Gasteiger partial charge is 0.329 e. The highest BCUT2D eigenvalue weighted by molar-refractivity contribution is 6.31. The zero-order valence-electron chi connectivity index (χ0n) is 11.4. The van der Waals surface area contributed by atoms with Crippen molar-refractivity contribution in [3.63, 3.8) is 0 Å². The van der Waals surface area contributed by atoms with Gasteiger partial charge in [-0.25, -0.2) is 9.59 Å². The molecule has 1 aliphatic heterocycles. The number of rotatable bonds is 4. The first kappa shape index (κ1) is 15.6. The summed E-state index contributed by atoms with van der Waals surface area (Å²) >= 11 is 6.00. The fourth-order valence-corrected chi connectivity index (χ4v) is 2.39. The Balaban J connectivity index is 1.94. The molecule has 2 amide bonds. The normalized spacial score (nSPS) is 17.0. The molecule has 1 saturated heterocycles. The van der Waals surface area contributed by atoms with Gasteiger partial charge in [0.1, 0.15) is 5.54 Å². The number of carboxylic acid groups (broad SMARTS) is 1. The van der Waals surface area contributed by atoms with E-state index >= 15 is 0 Å². The summed E-state index contributed by atoms with van der Waals surface area (Å²) in [4.78, 5) is 23.4. The lowest BCUT2D eigenvalue weighted by atomic mass is 9.90. The Bertz CT molecular complexity index is 529. The maximum absolute atomic E-state index is 11.9. The molecule has 6 nitrogen and oxygen atoms in total. The summed E-state index contributed by atoms with van der Waals surface area (Å²) in [6.07, 6.45) is 0.504. The molecule has 0 radical (unpaired) electrons. The summed E-state index contributed by atoms with van der Waals surface area (Å²) in [5.74, 6) is -1.04. The maximum atomic E-state index is 11.9. The Kier molecular flexibility index (Phi) is 5.03. The van der Waals surface area contributed by atoms with Crippen LogP contribution in [0.15, 0.2) is 24.3 Å². The number of ether oxygens (including phenoxy) is 1. The molecule has 0 spiro atoms. The number of amides is 2. The number of urea groups is 1. The third kappa shape index (κ3) is 3.86. The molecule has 0 atom stereocenters. The van der Waals surface area contributed by atoms with E-state index in [4.69, 9.17) is 16.3 Å². The quantitative estimate of drug-likeness (QED) is 0.790.